The van der Waals surface area contributed by atoms with Gasteiger partial charge >= 0.3 is 6.18 Å². The van der Waals surface area contributed by atoms with Crippen LogP contribution in [-0.2, 0) is 0 Å². The van der Waals surface area contributed by atoms with Crippen LogP contribution in [0.1, 0.15) is 11.7 Å². The van der Waals surface area contributed by atoms with Crippen molar-refractivity contribution in [3.8, 4) is 16.9 Å². The lowest BCUT2D eigenvalue weighted by Crippen LogP contribution is -2.20. The van der Waals surface area contributed by atoms with Gasteiger partial charge in [-0.3, -0.25) is 0 Å². The molecule has 4 heterocycles. The monoisotopic (exact) mass is 360 g/mol. The van der Waals surface area contributed by atoms with Crippen molar-refractivity contribution >= 4 is 11.2 Å². The highest BCUT2D eigenvalue weighted by Crippen LogP contribution is 2.33. The largest absolute Gasteiger partial charge is 0.418 e. The highest BCUT2D eigenvalue weighted by atomic mass is 19.4. The second kappa shape index (κ2) is 5.92. The average molecular weight is 360 g/mol. The minimum Gasteiger partial charge on any atom is -0.379 e. The molecule has 0 amide bonds. The van der Waals surface area contributed by atoms with Gasteiger partial charge in [-0.15, -0.1) is 0 Å². The Balaban J connectivity index is 1.72. The molecule has 2 N–H and O–H groups in total. The Morgan fingerprint density at radius 1 is 1.12 bits per heavy atom. The maximum Gasteiger partial charge on any atom is 0.418 e. The molecule has 7 nitrogen and oxygen atoms in total. The van der Waals surface area contributed by atoms with Crippen molar-refractivity contribution in [1.82, 2.24) is 29.7 Å². The van der Waals surface area contributed by atoms with Crippen LogP contribution in [0.4, 0.5) is 13.2 Å². The fourth-order valence-corrected chi connectivity index (χ4v) is 2.59. The number of aliphatic hydroxyl groups is 1. The van der Waals surface area contributed by atoms with Crippen LogP contribution in [0.15, 0.2) is 49.3 Å². The standard InChI is InChI=1S/C16H11F3N6O/c17-16(18,19)14(26)9-1-3-20-12(5-9)25-7-10(6-24-25)11-2-4-21-15-13(11)22-8-23-15/h1-8,14,26H,(H,21,22,23). The van der Waals surface area contributed by atoms with E-state index < -0.39 is 12.3 Å². The van der Waals surface area contributed by atoms with Gasteiger partial charge in [0.25, 0.3) is 0 Å². The summed E-state index contributed by atoms with van der Waals surface area (Å²) in [4.78, 5) is 15.3. The molecule has 132 valence electrons. The first-order valence-electron chi connectivity index (χ1n) is 7.48. The molecule has 0 bridgehead atoms. The number of fused-ring (bicyclic) bond motifs is 1. The van der Waals surface area contributed by atoms with Crippen molar-refractivity contribution in [2.75, 3.05) is 0 Å². The second-order valence-corrected chi connectivity index (χ2v) is 5.52. The smallest absolute Gasteiger partial charge is 0.379 e. The average Bonchev–Trinajstić information content (AvgIpc) is 3.29. The summed E-state index contributed by atoms with van der Waals surface area (Å²) in [6, 6.07) is 4.02. The van der Waals surface area contributed by atoms with Crippen LogP contribution in [0.2, 0.25) is 0 Å². The van der Waals surface area contributed by atoms with Crippen LogP contribution in [0.25, 0.3) is 28.1 Å². The SMILES string of the molecule is OC(c1ccnc(-n2cc(-c3ccnc4[nH]cnc34)cn2)c1)C(F)(F)F. The highest BCUT2D eigenvalue weighted by Gasteiger charge is 2.39. The topological polar surface area (TPSA) is 92.5 Å². The fraction of sp³-hybridized carbons (Fsp3) is 0.125. The van der Waals surface area contributed by atoms with E-state index in [9.17, 15) is 18.3 Å². The van der Waals surface area contributed by atoms with Crippen LogP contribution in [0.5, 0.6) is 0 Å². The molecule has 0 aliphatic carbocycles. The summed E-state index contributed by atoms with van der Waals surface area (Å²) in [6.45, 7) is 0. The summed E-state index contributed by atoms with van der Waals surface area (Å²) < 4.78 is 39.4. The first-order valence-corrected chi connectivity index (χ1v) is 7.48. The number of H-pyrrole nitrogens is 1. The lowest BCUT2D eigenvalue weighted by molar-refractivity contribution is -0.206. The molecule has 0 aliphatic heterocycles. The van der Waals surface area contributed by atoms with E-state index in [1.165, 1.54) is 17.2 Å². The zero-order valence-electron chi connectivity index (χ0n) is 13.0. The predicted octanol–water partition coefficient (Wildman–Crippen LogP) is 2.80. The third kappa shape index (κ3) is 2.80. The van der Waals surface area contributed by atoms with Crippen LogP contribution in [-0.4, -0.2) is 41.0 Å². The second-order valence-electron chi connectivity index (χ2n) is 5.52. The Labute approximate surface area is 144 Å². The number of imidazole rings is 1. The van der Waals surface area contributed by atoms with E-state index in [1.54, 1.807) is 24.7 Å². The third-order valence-corrected chi connectivity index (χ3v) is 3.84. The molecule has 4 aromatic rings. The van der Waals surface area contributed by atoms with Gasteiger partial charge in [0.1, 0.15) is 5.52 Å². The molecular formula is C16H11F3N6O. The van der Waals surface area contributed by atoms with Crippen LogP contribution in [0.3, 0.4) is 0 Å². The number of halogens is 3. The Morgan fingerprint density at radius 2 is 1.92 bits per heavy atom. The van der Waals surface area contributed by atoms with Crippen LogP contribution >= 0.6 is 0 Å². The van der Waals surface area contributed by atoms with Crippen molar-refractivity contribution in [3.05, 3.63) is 54.9 Å². The zero-order chi connectivity index (χ0) is 18.3. The van der Waals surface area contributed by atoms with E-state index in [0.717, 1.165) is 17.7 Å². The molecule has 0 radical (unpaired) electrons. The molecule has 1 atom stereocenters. The first kappa shape index (κ1) is 16.2. The summed E-state index contributed by atoms with van der Waals surface area (Å²) in [5.74, 6) is 0.157. The fourth-order valence-electron chi connectivity index (χ4n) is 2.59. The maximum absolute atomic E-state index is 12.7. The van der Waals surface area contributed by atoms with Gasteiger partial charge in [0.05, 0.1) is 12.5 Å². The quantitative estimate of drug-likeness (QED) is 0.586. The lowest BCUT2D eigenvalue weighted by atomic mass is 10.1. The molecule has 1 unspecified atom stereocenters. The number of aromatic nitrogens is 6. The molecule has 26 heavy (non-hydrogen) atoms. The van der Waals surface area contributed by atoms with Crippen molar-refractivity contribution in [1.29, 1.82) is 0 Å². The van der Waals surface area contributed by atoms with Gasteiger partial charge in [0.15, 0.2) is 17.6 Å². The Kier molecular flexibility index (Phi) is 3.69. The molecule has 0 saturated carbocycles. The van der Waals surface area contributed by atoms with Gasteiger partial charge in [-0.2, -0.15) is 18.3 Å². The molecule has 0 saturated heterocycles. The van der Waals surface area contributed by atoms with Crippen molar-refractivity contribution in [3.63, 3.8) is 0 Å². The summed E-state index contributed by atoms with van der Waals surface area (Å²) in [7, 11) is 0. The van der Waals surface area contributed by atoms with Gasteiger partial charge < -0.3 is 10.1 Å². The summed E-state index contributed by atoms with van der Waals surface area (Å²) in [5.41, 5.74) is 2.44. The number of hydrogen-bond acceptors (Lipinski definition) is 5. The molecule has 4 aromatic heterocycles. The summed E-state index contributed by atoms with van der Waals surface area (Å²) in [6.07, 6.45) is 0.174. The Bertz CT molecular complexity index is 1070. The molecule has 0 aromatic carbocycles. The van der Waals surface area contributed by atoms with Gasteiger partial charge in [-0.25, -0.2) is 19.6 Å². The van der Waals surface area contributed by atoms with Crippen LogP contribution in [0, 0.1) is 0 Å². The van der Waals surface area contributed by atoms with Crippen LogP contribution < -0.4 is 0 Å². The van der Waals surface area contributed by atoms with Gasteiger partial charge in [-0.1, -0.05) is 0 Å². The van der Waals surface area contributed by atoms with E-state index in [4.69, 9.17) is 0 Å². The van der Waals surface area contributed by atoms with Gasteiger partial charge in [0.2, 0.25) is 0 Å². The van der Waals surface area contributed by atoms with Crippen molar-refractivity contribution in [2.24, 2.45) is 0 Å². The maximum atomic E-state index is 12.7. The summed E-state index contributed by atoms with van der Waals surface area (Å²) in [5, 5.41) is 13.6. The van der Waals surface area contributed by atoms with E-state index in [2.05, 4.69) is 25.0 Å². The number of alkyl halides is 3. The number of nitrogens with zero attached hydrogens (tertiary/aromatic N) is 5. The number of hydrogen-bond donors (Lipinski definition) is 2. The molecule has 0 aliphatic rings. The predicted molar refractivity (Wildman–Crippen MR) is 85.3 cm³/mol. The molecule has 4 rings (SSSR count). The minimum absolute atomic E-state index is 0.157. The number of aliphatic hydroxyl groups excluding tert-OH is 1. The van der Waals surface area contributed by atoms with E-state index in [-0.39, 0.29) is 11.4 Å². The molecule has 0 spiro atoms. The lowest BCUT2D eigenvalue weighted by Gasteiger charge is -2.15. The normalized spacial score (nSPS) is 13.2. The molecular weight excluding hydrogens is 349 g/mol. The van der Waals surface area contributed by atoms with Crippen molar-refractivity contribution in [2.45, 2.75) is 12.3 Å². The first-order chi connectivity index (χ1) is 12.4. The van der Waals surface area contributed by atoms with E-state index in [0.29, 0.717) is 16.7 Å². The molecule has 0 fully saturated rings. The van der Waals surface area contributed by atoms with E-state index in [1.807, 2.05) is 0 Å². The number of pyridine rings is 2. The number of rotatable bonds is 3. The van der Waals surface area contributed by atoms with Crippen molar-refractivity contribution < 1.29 is 18.3 Å². The van der Waals surface area contributed by atoms with Gasteiger partial charge in [-0.05, 0) is 23.8 Å². The third-order valence-electron chi connectivity index (χ3n) is 3.84. The van der Waals surface area contributed by atoms with E-state index >= 15 is 0 Å². The highest BCUT2D eigenvalue weighted by molar-refractivity contribution is 5.88. The Hall–Kier alpha value is -3.27. The van der Waals surface area contributed by atoms with Gasteiger partial charge in [0, 0.05) is 29.7 Å². The summed E-state index contributed by atoms with van der Waals surface area (Å²) >= 11 is 0. The molecule has 10 heteroatoms. The Morgan fingerprint density at radius 3 is 2.73 bits per heavy atom. The number of nitrogens with one attached hydrogen (secondary N) is 1. The zero-order valence-corrected chi connectivity index (χ0v) is 13.0. The minimum atomic E-state index is -4.75. The number of aromatic amines is 1.